The Morgan fingerprint density at radius 2 is 1.95 bits per heavy atom. The lowest BCUT2D eigenvalue weighted by molar-refractivity contribution is 0.535. The highest BCUT2D eigenvalue weighted by Crippen LogP contribution is 2.32. The van der Waals surface area contributed by atoms with Gasteiger partial charge in [-0.1, -0.05) is 18.7 Å². The van der Waals surface area contributed by atoms with Crippen LogP contribution < -0.4 is 5.32 Å². The first-order valence-electron chi connectivity index (χ1n) is 6.08. The third kappa shape index (κ3) is 4.01. The molecule has 1 aromatic heterocycles. The van der Waals surface area contributed by atoms with Crippen LogP contribution in [0, 0.1) is 11.6 Å². The van der Waals surface area contributed by atoms with Crippen LogP contribution in [0.4, 0.5) is 8.78 Å². The smallest absolute Gasteiger partial charge is 0.140 e. The summed E-state index contributed by atoms with van der Waals surface area (Å²) in [6.45, 7) is 3.14. The Balaban J connectivity index is 2.21. The van der Waals surface area contributed by atoms with Crippen LogP contribution in [0.1, 0.15) is 12.5 Å². The van der Waals surface area contributed by atoms with E-state index in [1.807, 2.05) is 6.92 Å². The van der Waals surface area contributed by atoms with Crippen molar-refractivity contribution < 1.29 is 8.78 Å². The molecule has 2 nitrogen and oxygen atoms in total. The van der Waals surface area contributed by atoms with Gasteiger partial charge < -0.3 is 5.32 Å². The molecule has 0 fully saturated rings. The molecule has 0 aliphatic rings. The third-order valence-electron chi connectivity index (χ3n) is 2.54. The Hall–Kier alpha value is -0.980. The highest BCUT2D eigenvalue weighted by atomic mass is 79.9. The lowest BCUT2D eigenvalue weighted by atomic mass is 10.2. The highest BCUT2D eigenvalue weighted by Gasteiger charge is 2.13. The first-order valence-corrected chi connectivity index (χ1v) is 7.69. The summed E-state index contributed by atoms with van der Waals surface area (Å²) in [5.74, 6) is -1.12. The highest BCUT2D eigenvalue weighted by molar-refractivity contribution is 9.10. The summed E-state index contributed by atoms with van der Waals surface area (Å²) < 4.78 is 28.8. The van der Waals surface area contributed by atoms with Crippen molar-refractivity contribution in [3.05, 3.63) is 52.1 Å². The molecular weight excluding hydrogens is 346 g/mol. The molecule has 0 spiro atoms. The van der Waals surface area contributed by atoms with Crippen molar-refractivity contribution in [2.75, 3.05) is 6.54 Å². The van der Waals surface area contributed by atoms with Crippen LogP contribution in [0.25, 0.3) is 0 Å². The van der Waals surface area contributed by atoms with E-state index in [0.717, 1.165) is 22.8 Å². The van der Waals surface area contributed by atoms with Gasteiger partial charge in [0.1, 0.15) is 16.7 Å². The van der Waals surface area contributed by atoms with E-state index in [-0.39, 0.29) is 4.90 Å². The van der Waals surface area contributed by atoms with E-state index in [1.165, 1.54) is 12.1 Å². The van der Waals surface area contributed by atoms with Crippen molar-refractivity contribution in [3.63, 3.8) is 0 Å². The molecule has 106 valence electrons. The zero-order valence-electron chi connectivity index (χ0n) is 10.8. The van der Waals surface area contributed by atoms with Gasteiger partial charge in [0.05, 0.1) is 4.90 Å². The van der Waals surface area contributed by atoms with Gasteiger partial charge in [-0.2, -0.15) is 0 Å². The van der Waals surface area contributed by atoms with Gasteiger partial charge >= 0.3 is 0 Å². The fraction of sp³-hybridized carbons (Fsp3) is 0.214. The molecule has 0 saturated carbocycles. The van der Waals surface area contributed by atoms with Gasteiger partial charge in [-0.3, -0.25) is 0 Å². The van der Waals surface area contributed by atoms with Crippen molar-refractivity contribution >= 4 is 27.7 Å². The third-order valence-corrected chi connectivity index (χ3v) is 4.06. The van der Waals surface area contributed by atoms with Crippen molar-refractivity contribution in [3.8, 4) is 0 Å². The van der Waals surface area contributed by atoms with E-state index in [2.05, 4.69) is 26.2 Å². The molecule has 1 N–H and O–H groups in total. The second-order valence-electron chi connectivity index (χ2n) is 4.09. The van der Waals surface area contributed by atoms with Gasteiger partial charge in [-0.25, -0.2) is 13.8 Å². The number of benzene rings is 1. The molecule has 0 radical (unpaired) electrons. The second kappa shape index (κ2) is 7.15. The number of rotatable bonds is 5. The van der Waals surface area contributed by atoms with Gasteiger partial charge in [0.2, 0.25) is 0 Å². The van der Waals surface area contributed by atoms with Crippen LogP contribution in [-0.2, 0) is 6.54 Å². The minimum atomic E-state index is -0.562. The predicted octanol–water partition coefficient (Wildman–Crippen LogP) is 4.38. The maximum atomic E-state index is 14.0. The zero-order chi connectivity index (χ0) is 14.5. The summed E-state index contributed by atoms with van der Waals surface area (Å²) in [5.41, 5.74) is 0.593. The summed E-state index contributed by atoms with van der Waals surface area (Å²) in [6, 6.07) is 6.20. The molecular formula is C14H13BrF2N2S. The van der Waals surface area contributed by atoms with E-state index in [9.17, 15) is 8.78 Å². The average molecular weight is 359 g/mol. The van der Waals surface area contributed by atoms with E-state index in [0.29, 0.717) is 17.1 Å². The Morgan fingerprint density at radius 3 is 2.50 bits per heavy atom. The summed E-state index contributed by atoms with van der Waals surface area (Å²) >= 11 is 4.25. The molecule has 2 aromatic rings. The maximum absolute atomic E-state index is 14.0. The molecule has 0 unspecified atom stereocenters. The van der Waals surface area contributed by atoms with E-state index < -0.39 is 11.6 Å². The van der Waals surface area contributed by atoms with Crippen LogP contribution >= 0.6 is 27.7 Å². The first kappa shape index (κ1) is 15.4. The van der Waals surface area contributed by atoms with Crippen molar-refractivity contribution in [2.24, 2.45) is 0 Å². The quantitative estimate of drug-likeness (QED) is 0.858. The fourth-order valence-electron chi connectivity index (χ4n) is 1.61. The van der Waals surface area contributed by atoms with E-state index in [1.54, 1.807) is 18.3 Å². The van der Waals surface area contributed by atoms with Crippen LogP contribution in [0.5, 0.6) is 0 Å². The van der Waals surface area contributed by atoms with Crippen LogP contribution in [0.15, 0.2) is 44.9 Å². The second-order valence-corrected chi connectivity index (χ2v) is 6.03. The average Bonchev–Trinajstić information content (AvgIpc) is 2.42. The number of halogens is 3. The molecule has 1 aromatic carbocycles. The molecule has 0 amide bonds. The summed E-state index contributed by atoms with van der Waals surface area (Å²) in [4.78, 5) is 4.07. The number of nitrogens with zero attached hydrogens (tertiary/aromatic N) is 1. The minimum Gasteiger partial charge on any atom is -0.313 e. The number of pyridine rings is 1. The molecule has 0 aliphatic carbocycles. The predicted molar refractivity (Wildman–Crippen MR) is 79.8 cm³/mol. The number of hydrogen-bond acceptors (Lipinski definition) is 3. The van der Waals surface area contributed by atoms with Crippen molar-refractivity contribution in [1.29, 1.82) is 0 Å². The molecule has 1 heterocycles. The molecule has 0 bridgehead atoms. The molecule has 20 heavy (non-hydrogen) atoms. The molecule has 6 heteroatoms. The Labute approximate surface area is 129 Å². The standard InChI is InChI=1S/C14H13BrF2N2S/c1-2-18-7-9-5-11(16)14(12(17)6-9)20-13-4-3-10(15)8-19-13/h3-6,8,18H,2,7H2,1H3. The van der Waals surface area contributed by atoms with Gasteiger partial charge in [-0.05, 0) is 52.3 Å². The Kier molecular flexibility index (Phi) is 5.51. The Bertz CT molecular complexity index is 567. The number of aromatic nitrogens is 1. The topological polar surface area (TPSA) is 24.9 Å². The number of nitrogens with one attached hydrogen (secondary N) is 1. The Morgan fingerprint density at radius 1 is 1.25 bits per heavy atom. The number of hydrogen-bond donors (Lipinski definition) is 1. The van der Waals surface area contributed by atoms with Gasteiger partial charge in [0.25, 0.3) is 0 Å². The van der Waals surface area contributed by atoms with Crippen molar-refractivity contribution in [2.45, 2.75) is 23.4 Å². The van der Waals surface area contributed by atoms with Crippen LogP contribution in [-0.4, -0.2) is 11.5 Å². The van der Waals surface area contributed by atoms with Crippen LogP contribution in [0.3, 0.4) is 0 Å². The summed E-state index contributed by atoms with van der Waals surface area (Å²) in [5, 5.41) is 3.58. The summed E-state index contributed by atoms with van der Waals surface area (Å²) in [6.07, 6.45) is 1.59. The van der Waals surface area contributed by atoms with Gasteiger partial charge in [0, 0.05) is 17.2 Å². The van der Waals surface area contributed by atoms with Gasteiger partial charge in [0.15, 0.2) is 0 Å². The lowest BCUT2D eigenvalue weighted by Gasteiger charge is -2.08. The minimum absolute atomic E-state index is 0.0277. The lowest BCUT2D eigenvalue weighted by Crippen LogP contribution is -2.12. The molecule has 0 aliphatic heterocycles. The maximum Gasteiger partial charge on any atom is 0.140 e. The van der Waals surface area contributed by atoms with Gasteiger partial charge in [-0.15, -0.1) is 0 Å². The normalized spacial score (nSPS) is 10.8. The van der Waals surface area contributed by atoms with E-state index >= 15 is 0 Å². The van der Waals surface area contributed by atoms with Crippen molar-refractivity contribution in [1.82, 2.24) is 10.3 Å². The largest absolute Gasteiger partial charge is 0.313 e. The van der Waals surface area contributed by atoms with E-state index in [4.69, 9.17) is 0 Å². The fourth-order valence-corrected chi connectivity index (χ4v) is 2.61. The summed E-state index contributed by atoms with van der Waals surface area (Å²) in [7, 11) is 0. The molecule has 2 rings (SSSR count). The molecule has 0 saturated heterocycles. The zero-order valence-corrected chi connectivity index (χ0v) is 13.2. The first-order chi connectivity index (χ1) is 9.60. The molecule has 0 atom stereocenters. The SMILES string of the molecule is CCNCc1cc(F)c(Sc2ccc(Br)cn2)c(F)c1. The monoisotopic (exact) mass is 358 g/mol. The van der Waals surface area contributed by atoms with Crippen LogP contribution in [0.2, 0.25) is 0 Å².